The van der Waals surface area contributed by atoms with E-state index < -0.39 is 0 Å². The van der Waals surface area contributed by atoms with Crippen LogP contribution >= 0.6 is 15.9 Å². The number of anilines is 1. The number of rotatable bonds is 1. The number of piperidine rings is 1. The lowest BCUT2D eigenvalue weighted by Gasteiger charge is -2.33. The molecule has 1 atom stereocenters. The summed E-state index contributed by atoms with van der Waals surface area (Å²) in [5.41, 5.74) is 0.485. The maximum atomic E-state index is 13.3. The molecule has 0 aromatic heterocycles. The summed E-state index contributed by atoms with van der Waals surface area (Å²) in [7, 11) is 0. The Bertz CT molecular complexity index is 453. The van der Waals surface area contributed by atoms with Gasteiger partial charge in [0.25, 0.3) is 0 Å². The Kier molecular flexibility index (Phi) is 4.22. The molecule has 1 aliphatic rings. The van der Waals surface area contributed by atoms with E-state index in [0.717, 1.165) is 25.8 Å². The third-order valence-corrected chi connectivity index (χ3v) is 3.88. The van der Waals surface area contributed by atoms with E-state index >= 15 is 0 Å². The van der Waals surface area contributed by atoms with Gasteiger partial charge in [-0.25, -0.2) is 9.18 Å². The SMILES string of the molecule is CC1CCCCN1C(=O)Nc1ccc(Br)c(F)c1. The van der Waals surface area contributed by atoms with Crippen LogP contribution in [0, 0.1) is 5.82 Å². The number of halogens is 2. The zero-order chi connectivity index (χ0) is 13.1. The number of nitrogens with one attached hydrogen (secondary N) is 1. The van der Waals surface area contributed by atoms with Crippen molar-refractivity contribution in [2.24, 2.45) is 0 Å². The van der Waals surface area contributed by atoms with Crippen LogP contribution in [0.4, 0.5) is 14.9 Å². The average molecular weight is 315 g/mol. The van der Waals surface area contributed by atoms with E-state index in [1.54, 1.807) is 12.1 Å². The molecular formula is C13H16BrFN2O. The van der Waals surface area contributed by atoms with E-state index in [4.69, 9.17) is 0 Å². The topological polar surface area (TPSA) is 32.3 Å². The fourth-order valence-electron chi connectivity index (χ4n) is 2.17. The summed E-state index contributed by atoms with van der Waals surface area (Å²) in [5, 5.41) is 2.74. The van der Waals surface area contributed by atoms with Crippen molar-refractivity contribution in [3.05, 3.63) is 28.5 Å². The second-order valence-corrected chi connectivity index (χ2v) is 5.45. The molecule has 1 N–H and O–H groups in total. The molecule has 1 heterocycles. The molecule has 1 aromatic rings. The first kappa shape index (κ1) is 13.3. The van der Waals surface area contributed by atoms with Gasteiger partial charge in [-0.3, -0.25) is 0 Å². The predicted octanol–water partition coefficient (Wildman–Crippen LogP) is 3.99. The molecule has 1 unspecified atom stereocenters. The summed E-state index contributed by atoms with van der Waals surface area (Å²) < 4.78 is 13.7. The van der Waals surface area contributed by atoms with Crippen molar-refractivity contribution in [2.75, 3.05) is 11.9 Å². The van der Waals surface area contributed by atoms with Crippen LogP contribution in [-0.2, 0) is 0 Å². The van der Waals surface area contributed by atoms with Crippen LogP contribution in [0.3, 0.4) is 0 Å². The maximum absolute atomic E-state index is 13.3. The molecule has 2 rings (SSSR count). The van der Waals surface area contributed by atoms with Crippen molar-refractivity contribution in [2.45, 2.75) is 32.2 Å². The summed E-state index contributed by atoms with van der Waals surface area (Å²) in [4.78, 5) is 13.9. The van der Waals surface area contributed by atoms with Crippen molar-refractivity contribution in [3.8, 4) is 0 Å². The summed E-state index contributed by atoms with van der Waals surface area (Å²) in [6.45, 7) is 2.81. The second-order valence-electron chi connectivity index (χ2n) is 4.60. The zero-order valence-corrected chi connectivity index (χ0v) is 11.8. The standard InChI is InChI=1S/C13H16BrFN2O/c1-9-4-2-3-7-17(9)13(18)16-10-5-6-11(14)12(15)8-10/h5-6,8-9H,2-4,7H2,1H3,(H,16,18). The first-order valence-corrected chi connectivity index (χ1v) is 6.90. The molecular weight excluding hydrogens is 299 g/mol. The van der Waals surface area contributed by atoms with Crippen molar-refractivity contribution < 1.29 is 9.18 Å². The third-order valence-electron chi connectivity index (χ3n) is 3.23. The Morgan fingerprint density at radius 3 is 2.94 bits per heavy atom. The molecule has 0 aliphatic carbocycles. The van der Waals surface area contributed by atoms with Gasteiger partial charge in [0.2, 0.25) is 0 Å². The Morgan fingerprint density at radius 1 is 1.50 bits per heavy atom. The van der Waals surface area contributed by atoms with Crippen LogP contribution in [-0.4, -0.2) is 23.5 Å². The molecule has 5 heteroatoms. The Morgan fingerprint density at radius 2 is 2.28 bits per heavy atom. The molecule has 2 amide bonds. The first-order chi connectivity index (χ1) is 8.58. The van der Waals surface area contributed by atoms with E-state index in [1.807, 2.05) is 11.8 Å². The van der Waals surface area contributed by atoms with Crippen LogP contribution in [0.15, 0.2) is 22.7 Å². The van der Waals surface area contributed by atoms with E-state index in [1.165, 1.54) is 6.07 Å². The van der Waals surface area contributed by atoms with Crippen molar-refractivity contribution in [1.29, 1.82) is 0 Å². The summed E-state index contributed by atoms with van der Waals surface area (Å²) in [5.74, 6) is -0.375. The third kappa shape index (κ3) is 3.02. The molecule has 18 heavy (non-hydrogen) atoms. The van der Waals surface area contributed by atoms with Crippen LogP contribution in [0.5, 0.6) is 0 Å². The lowest BCUT2D eigenvalue weighted by molar-refractivity contribution is 0.170. The van der Waals surface area contributed by atoms with Gasteiger partial charge in [-0.15, -0.1) is 0 Å². The van der Waals surface area contributed by atoms with Gasteiger partial charge >= 0.3 is 6.03 Å². The highest BCUT2D eigenvalue weighted by Gasteiger charge is 2.23. The highest BCUT2D eigenvalue weighted by Crippen LogP contribution is 2.21. The molecule has 1 aliphatic heterocycles. The van der Waals surface area contributed by atoms with Crippen molar-refractivity contribution >= 4 is 27.6 Å². The number of carbonyl (C=O) groups is 1. The Labute approximate surface area is 114 Å². The lowest BCUT2D eigenvalue weighted by Crippen LogP contribution is -2.44. The molecule has 1 aromatic carbocycles. The summed E-state index contributed by atoms with van der Waals surface area (Å²) >= 11 is 3.08. The fraction of sp³-hybridized carbons (Fsp3) is 0.462. The van der Waals surface area contributed by atoms with Crippen molar-refractivity contribution in [1.82, 2.24) is 4.90 Å². The van der Waals surface area contributed by atoms with Gasteiger partial charge in [-0.05, 0) is 60.3 Å². The summed E-state index contributed by atoms with van der Waals surface area (Å²) in [6.07, 6.45) is 3.23. The monoisotopic (exact) mass is 314 g/mol. The zero-order valence-electron chi connectivity index (χ0n) is 10.2. The molecule has 0 radical (unpaired) electrons. The van der Waals surface area contributed by atoms with Crippen LogP contribution in [0.2, 0.25) is 0 Å². The number of urea groups is 1. The highest BCUT2D eigenvalue weighted by molar-refractivity contribution is 9.10. The number of hydrogen-bond acceptors (Lipinski definition) is 1. The van der Waals surface area contributed by atoms with E-state index in [2.05, 4.69) is 21.2 Å². The first-order valence-electron chi connectivity index (χ1n) is 6.10. The molecule has 0 bridgehead atoms. The fourth-order valence-corrected chi connectivity index (χ4v) is 2.42. The molecule has 98 valence electrons. The predicted molar refractivity (Wildman–Crippen MR) is 73.1 cm³/mol. The number of nitrogens with zero attached hydrogens (tertiary/aromatic N) is 1. The molecule has 0 saturated carbocycles. The van der Waals surface area contributed by atoms with Crippen LogP contribution in [0.25, 0.3) is 0 Å². The number of hydrogen-bond donors (Lipinski definition) is 1. The van der Waals surface area contributed by atoms with Crippen LogP contribution < -0.4 is 5.32 Å². The smallest absolute Gasteiger partial charge is 0.322 e. The van der Waals surface area contributed by atoms with Gasteiger partial charge in [0.15, 0.2) is 0 Å². The quantitative estimate of drug-likeness (QED) is 0.835. The average Bonchev–Trinajstić information content (AvgIpc) is 2.34. The van der Waals surface area contributed by atoms with E-state index in [0.29, 0.717) is 10.2 Å². The second kappa shape index (κ2) is 5.69. The normalized spacial score (nSPS) is 19.7. The Balaban J connectivity index is 2.04. The van der Waals surface area contributed by atoms with Gasteiger partial charge in [0.1, 0.15) is 5.82 Å². The molecule has 3 nitrogen and oxygen atoms in total. The number of benzene rings is 1. The number of amides is 2. The minimum atomic E-state index is -0.375. The van der Waals surface area contributed by atoms with Crippen LogP contribution in [0.1, 0.15) is 26.2 Å². The maximum Gasteiger partial charge on any atom is 0.322 e. The van der Waals surface area contributed by atoms with Crippen molar-refractivity contribution in [3.63, 3.8) is 0 Å². The molecule has 1 fully saturated rings. The van der Waals surface area contributed by atoms with Gasteiger partial charge < -0.3 is 10.2 Å². The number of likely N-dealkylation sites (tertiary alicyclic amines) is 1. The van der Waals surface area contributed by atoms with Gasteiger partial charge in [-0.2, -0.15) is 0 Å². The van der Waals surface area contributed by atoms with Gasteiger partial charge in [-0.1, -0.05) is 0 Å². The number of carbonyl (C=O) groups excluding carboxylic acids is 1. The summed E-state index contributed by atoms with van der Waals surface area (Å²) in [6, 6.07) is 4.68. The minimum Gasteiger partial charge on any atom is -0.322 e. The van der Waals surface area contributed by atoms with Gasteiger partial charge in [0, 0.05) is 18.3 Å². The minimum absolute atomic E-state index is 0.149. The highest BCUT2D eigenvalue weighted by atomic mass is 79.9. The van der Waals surface area contributed by atoms with E-state index in [-0.39, 0.29) is 17.9 Å². The van der Waals surface area contributed by atoms with Gasteiger partial charge in [0.05, 0.1) is 4.47 Å². The molecule has 1 saturated heterocycles. The molecule has 0 spiro atoms. The Hall–Kier alpha value is -1.10. The largest absolute Gasteiger partial charge is 0.322 e. The lowest BCUT2D eigenvalue weighted by atomic mass is 10.0. The van der Waals surface area contributed by atoms with E-state index in [9.17, 15) is 9.18 Å².